The molecule has 0 aliphatic rings. The summed E-state index contributed by atoms with van der Waals surface area (Å²) < 4.78 is 16.4. The largest absolute Gasteiger partial charge is 0.490 e. The van der Waals surface area contributed by atoms with Crippen molar-refractivity contribution >= 4 is 29.7 Å². The molecule has 164 valence electrons. The van der Waals surface area contributed by atoms with Crippen molar-refractivity contribution in [1.29, 1.82) is 0 Å². The number of rotatable bonds is 9. The fourth-order valence-corrected chi connectivity index (χ4v) is 2.80. The summed E-state index contributed by atoms with van der Waals surface area (Å²) in [6.45, 7) is 1.97. The van der Waals surface area contributed by atoms with E-state index in [1.54, 1.807) is 66.7 Å². The number of ether oxygens (including phenoxy) is 3. The maximum absolute atomic E-state index is 12.3. The second kappa shape index (κ2) is 11.5. The van der Waals surface area contributed by atoms with Gasteiger partial charge in [0.15, 0.2) is 18.1 Å². The maximum Gasteiger partial charge on any atom is 0.343 e. The minimum Gasteiger partial charge on any atom is -0.490 e. The monoisotopic (exact) mass is 452 g/mol. The van der Waals surface area contributed by atoms with E-state index in [9.17, 15) is 9.59 Å². The number of hydrazone groups is 1. The lowest BCUT2D eigenvalue weighted by molar-refractivity contribution is -0.123. The summed E-state index contributed by atoms with van der Waals surface area (Å²) >= 11 is 5.98. The Balaban J connectivity index is 1.59. The quantitative estimate of drug-likeness (QED) is 0.224. The van der Waals surface area contributed by atoms with Gasteiger partial charge in [-0.1, -0.05) is 41.9 Å². The summed E-state index contributed by atoms with van der Waals surface area (Å²) in [5.74, 6) is 0.151. The molecule has 8 heteroatoms. The molecule has 3 aromatic carbocycles. The van der Waals surface area contributed by atoms with Crippen molar-refractivity contribution in [1.82, 2.24) is 5.43 Å². The van der Waals surface area contributed by atoms with Crippen molar-refractivity contribution in [3.05, 3.63) is 88.9 Å². The summed E-state index contributed by atoms with van der Waals surface area (Å²) in [4.78, 5) is 24.2. The van der Waals surface area contributed by atoms with Gasteiger partial charge < -0.3 is 14.2 Å². The number of nitrogens with one attached hydrogen (secondary N) is 1. The molecule has 0 saturated heterocycles. The van der Waals surface area contributed by atoms with Gasteiger partial charge in [0.2, 0.25) is 0 Å². The third kappa shape index (κ3) is 6.58. The SMILES string of the molecule is CCOc1cc(/C=N/NC(=O)COc2ccccc2Cl)ccc1OC(=O)c1ccccc1. The van der Waals surface area contributed by atoms with Crippen molar-refractivity contribution in [3.63, 3.8) is 0 Å². The van der Waals surface area contributed by atoms with Gasteiger partial charge >= 0.3 is 5.97 Å². The zero-order chi connectivity index (χ0) is 22.8. The van der Waals surface area contributed by atoms with Crippen LogP contribution in [0.4, 0.5) is 0 Å². The Bertz CT molecular complexity index is 1100. The maximum atomic E-state index is 12.3. The van der Waals surface area contributed by atoms with Gasteiger partial charge in [-0.2, -0.15) is 5.10 Å². The van der Waals surface area contributed by atoms with Gasteiger partial charge in [-0.3, -0.25) is 4.79 Å². The summed E-state index contributed by atoms with van der Waals surface area (Å²) in [7, 11) is 0. The lowest BCUT2D eigenvalue weighted by Gasteiger charge is -2.11. The lowest BCUT2D eigenvalue weighted by atomic mass is 10.2. The fourth-order valence-electron chi connectivity index (χ4n) is 2.61. The molecule has 0 unspecified atom stereocenters. The number of para-hydroxylation sites is 1. The molecular weight excluding hydrogens is 432 g/mol. The predicted octanol–water partition coefficient (Wildman–Crippen LogP) is 4.49. The molecule has 1 N–H and O–H groups in total. The standard InChI is InChI=1S/C24H21ClN2O5/c1-2-30-22-14-17(12-13-21(22)32-24(29)18-8-4-3-5-9-18)15-26-27-23(28)16-31-20-11-7-6-10-19(20)25/h3-15H,2,16H2,1H3,(H,27,28)/b26-15+. The van der Waals surface area contributed by atoms with E-state index in [2.05, 4.69) is 10.5 Å². The normalized spacial score (nSPS) is 10.6. The number of amides is 1. The van der Waals surface area contributed by atoms with E-state index >= 15 is 0 Å². The molecule has 0 atom stereocenters. The highest BCUT2D eigenvalue weighted by atomic mass is 35.5. The third-order valence-electron chi connectivity index (χ3n) is 4.08. The highest BCUT2D eigenvalue weighted by Gasteiger charge is 2.13. The van der Waals surface area contributed by atoms with Crippen LogP contribution >= 0.6 is 11.6 Å². The Morgan fingerprint density at radius 1 is 0.938 bits per heavy atom. The molecule has 0 aliphatic carbocycles. The van der Waals surface area contributed by atoms with Crippen LogP contribution in [0.25, 0.3) is 0 Å². The van der Waals surface area contributed by atoms with Gasteiger partial charge in [0, 0.05) is 0 Å². The zero-order valence-corrected chi connectivity index (χ0v) is 18.0. The van der Waals surface area contributed by atoms with Gasteiger partial charge in [-0.25, -0.2) is 10.2 Å². The number of halogens is 1. The molecule has 3 rings (SSSR count). The first-order chi connectivity index (χ1) is 15.6. The molecule has 1 amide bonds. The number of benzene rings is 3. The molecule has 7 nitrogen and oxygen atoms in total. The number of esters is 1. The van der Waals surface area contributed by atoms with Crippen LogP contribution in [0, 0.1) is 0 Å². The molecule has 0 aliphatic heterocycles. The zero-order valence-electron chi connectivity index (χ0n) is 17.3. The minimum absolute atomic E-state index is 0.236. The lowest BCUT2D eigenvalue weighted by Crippen LogP contribution is -2.24. The number of hydrogen-bond acceptors (Lipinski definition) is 6. The molecule has 0 radical (unpaired) electrons. The van der Waals surface area contributed by atoms with Gasteiger partial charge in [0.25, 0.3) is 5.91 Å². The molecule has 3 aromatic rings. The first-order valence-corrected chi connectivity index (χ1v) is 10.2. The van der Waals surface area contributed by atoms with Crippen molar-refractivity contribution in [2.75, 3.05) is 13.2 Å². The second-order valence-corrected chi connectivity index (χ2v) is 6.81. The summed E-state index contributed by atoms with van der Waals surface area (Å²) in [6, 6.07) is 20.5. The van der Waals surface area contributed by atoms with Crippen LogP contribution in [0.1, 0.15) is 22.8 Å². The van der Waals surface area contributed by atoms with Crippen LogP contribution in [0.2, 0.25) is 5.02 Å². The van der Waals surface area contributed by atoms with Crippen LogP contribution in [0.5, 0.6) is 17.2 Å². The van der Waals surface area contributed by atoms with Crippen LogP contribution in [-0.4, -0.2) is 31.3 Å². The van der Waals surface area contributed by atoms with Crippen LogP contribution in [-0.2, 0) is 4.79 Å². The minimum atomic E-state index is -0.487. The highest BCUT2D eigenvalue weighted by molar-refractivity contribution is 6.32. The van der Waals surface area contributed by atoms with Gasteiger partial charge in [0.05, 0.1) is 23.4 Å². The van der Waals surface area contributed by atoms with Crippen molar-refractivity contribution in [2.24, 2.45) is 5.10 Å². The van der Waals surface area contributed by atoms with Crippen LogP contribution in [0.3, 0.4) is 0 Å². The van der Waals surface area contributed by atoms with E-state index in [4.69, 9.17) is 25.8 Å². The van der Waals surface area contributed by atoms with E-state index in [-0.39, 0.29) is 12.4 Å². The molecule has 0 heterocycles. The molecule has 0 aromatic heterocycles. The second-order valence-electron chi connectivity index (χ2n) is 6.41. The first kappa shape index (κ1) is 22.8. The molecule has 0 spiro atoms. The Morgan fingerprint density at radius 2 is 1.69 bits per heavy atom. The molecule has 0 fully saturated rings. The van der Waals surface area contributed by atoms with Crippen LogP contribution < -0.4 is 19.6 Å². The number of carbonyl (C=O) groups excluding carboxylic acids is 2. The van der Waals surface area contributed by atoms with E-state index in [1.807, 2.05) is 13.0 Å². The molecule has 0 bridgehead atoms. The fraction of sp³-hybridized carbons (Fsp3) is 0.125. The van der Waals surface area contributed by atoms with E-state index in [1.165, 1.54) is 6.21 Å². The smallest absolute Gasteiger partial charge is 0.343 e. The van der Waals surface area contributed by atoms with Crippen molar-refractivity contribution in [2.45, 2.75) is 6.92 Å². The Labute approximate surface area is 190 Å². The number of nitrogens with zero attached hydrogens (tertiary/aromatic N) is 1. The topological polar surface area (TPSA) is 86.2 Å². The van der Waals surface area contributed by atoms with Crippen LogP contribution in [0.15, 0.2) is 77.9 Å². The first-order valence-electron chi connectivity index (χ1n) is 9.80. The summed E-state index contributed by atoms with van der Waals surface area (Å²) in [5, 5.41) is 4.33. The summed E-state index contributed by atoms with van der Waals surface area (Å²) in [5.41, 5.74) is 3.45. The number of carbonyl (C=O) groups is 2. The van der Waals surface area contributed by atoms with Gasteiger partial charge in [0.1, 0.15) is 5.75 Å². The molecular formula is C24H21ClN2O5. The van der Waals surface area contributed by atoms with E-state index in [0.29, 0.717) is 34.3 Å². The highest BCUT2D eigenvalue weighted by Crippen LogP contribution is 2.29. The summed E-state index contributed by atoms with van der Waals surface area (Å²) in [6.07, 6.45) is 1.44. The Morgan fingerprint density at radius 3 is 2.44 bits per heavy atom. The number of hydrogen-bond donors (Lipinski definition) is 1. The Kier molecular flexibility index (Phi) is 8.22. The van der Waals surface area contributed by atoms with Crippen molar-refractivity contribution < 1.29 is 23.8 Å². The Hall–Kier alpha value is -3.84. The molecule has 0 saturated carbocycles. The third-order valence-corrected chi connectivity index (χ3v) is 4.39. The average Bonchev–Trinajstić information content (AvgIpc) is 2.81. The molecule has 32 heavy (non-hydrogen) atoms. The van der Waals surface area contributed by atoms with Crippen molar-refractivity contribution in [3.8, 4) is 17.2 Å². The van der Waals surface area contributed by atoms with Gasteiger partial charge in [-0.15, -0.1) is 0 Å². The van der Waals surface area contributed by atoms with E-state index in [0.717, 1.165) is 0 Å². The van der Waals surface area contributed by atoms with E-state index < -0.39 is 11.9 Å². The van der Waals surface area contributed by atoms with Gasteiger partial charge in [-0.05, 0) is 55.0 Å². The average molecular weight is 453 g/mol. The predicted molar refractivity (Wildman–Crippen MR) is 122 cm³/mol.